The van der Waals surface area contributed by atoms with Crippen molar-refractivity contribution < 1.29 is 5.11 Å². The van der Waals surface area contributed by atoms with E-state index in [2.05, 4.69) is 4.98 Å². The average Bonchev–Trinajstić information content (AvgIpc) is 2.60. The molecule has 0 radical (unpaired) electrons. The van der Waals surface area contributed by atoms with E-state index in [9.17, 15) is 5.11 Å². The molecule has 4 heteroatoms. The molecule has 0 amide bonds. The number of hydrogen-bond acceptors (Lipinski definition) is 3. The van der Waals surface area contributed by atoms with E-state index in [1.54, 1.807) is 6.20 Å². The lowest BCUT2D eigenvalue weighted by molar-refractivity contribution is 0.181. The fourth-order valence-corrected chi connectivity index (χ4v) is 1.32. The summed E-state index contributed by atoms with van der Waals surface area (Å²) in [6.45, 7) is 0.211. The molecule has 13 heavy (non-hydrogen) atoms. The molecule has 0 saturated heterocycles. The van der Waals surface area contributed by atoms with E-state index < -0.39 is 6.10 Å². The highest BCUT2D eigenvalue weighted by Gasteiger charge is 2.09. The van der Waals surface area contributed by atoms with Crippen molar-refractivity contribution in [2.24, 2.45) is 5.73 Å². The van der Waals surface area contributed by atoms with Crippen LogP contribution in [0.25, 0.3) is 5.65 Å². The van der Waals surface area contributed by atoms with Crippen molar-refractivity contribution in [1.82, 2.24) is 9.38 Å². The number of nitrogens with two attached hydrogens (primary N) is 1. The van der Waals surface area contributed by atoms with Gasteiger partial charge in [0.1, 0.15) is 11.8 Å². The molecular formula is C9H11N3O. The first-order valence-electron chi connectivity index (χ1n) is 4.13. The van der Waals surface area contributed by atoms with Gasteiger partial charge in [-0.15, -0.1) is 0 Å². The van der Waals surface area contributed by atoms with Crippen LogP contribution in [0.3, 0.4) is 0 Å². The Hall–Kier alpha value is -1.39. The van der Waals surface area contributed by atoms with Gasteiger partial charge in [-0.25, -0.2) is 4.98 Å². The zero-order valence-corrected chi connectivity index (χ0v) is 7.09. The van der Waals surface area contributed by atoms with Gasteiger partial charge in [-0.05, 0) is 12.1 Å². The third kappa shape index (κ3) is 1.30. The molecule has 0 aliphatic heterocycles. The van der Waals surface area contributed by atoms with E-state index in [1.165, 1.54) is 0 Å². The van der Waals surface area contributed by atoms with Gasteiger partial charge in [0.25, 0.3) is 0 Å². The molecule has 2 heterocycles. The molecule has 0 spiro atoms. The number of pyridine rings is 1. The van der Waals surface area contributed by atoms with Gasteiger partial charge in [0, 0.05) is 12.7 Å². The predicted octanol–water partition coefficient (Wildman–Crippen LogP) is 0.326. The first kappa shape index (κ1) is 8.22. The lowest BCUT2D eigenvalue weighted by atomic mass is 10.3. The highest BCUT2D eigenvalue weighted by molar-refractivity contribution is 5.40. The molecule has 0 aliphatic carbocycles. The Morgan fingerprint density at radius 2 is 2.38 bits per heavy atom. The fourth-order valence-electron chi connectivity index (χ4n) is 1.32. The summed E-state index contributed by atoms with van der Waals surface area (Å²) in [6, 6.07) is 5.68. The molecule has 4 nitrogen and oxygen atoms in total. The average molecular weight is 177 g/mol. The number of nitrogens with zero attached hydrogens (tertiary/aromatic N) is 2. The maximum absolute atomic E-state index is 9.53. The summed E-state index contributed by atoms with van der Waals surface area (Å²) in [4.78, 5) is 4.14. The van der Waals surface area contributed by atoms with Crippen LogP contribution in [0.4, 0.5) is 0 Å². The van der Waals surface area contributed by atoms with Crippen LogP contribution in [-0.4, -0.2) is 21.0 Å². The highest BCUT2D eigenvalue weighted by atomic mass is 16.3. The molecule has 2 aromatic heterocycles. The lowest BCUT2D eigenvalue weighted by Crippen LogP contribution is -2.13. The van der Waals surface area contributed by atoms with E-state index in [0.717, 1.165) is 11.3 Å². The van der Waals surface area contributed by atoms with E-state index in [-0.39, 0.29) is 6.54 Å². The normalized spacial score (nSPS) is 13.4. The van der Waals surface area contributed by atoms with Crippen LogP contribution >= 0.6 is 0 Å². The Bertz CT molecular complexity index is 410. The molecule has 0 fully saturated rings. The van der Waals surface area contributed by atoms with Gasteiger partial charge in [-0.2, -0.15) is 0 Å². The molecule has 0 bridgehead atoms. The maximum atomic E-state index is 9.53. The van der Waals surface area contributed by atoms with Crippen LogP contribution in [0.5, 0.6) is 0 Å². The number of aromatic nitrogens is 2. The van der Waals surface area contributed by atoms with Crippen molar-refractivity contribution in [2.45, 2.75) is 6.10 Å². The molecular weight excluding hydrogens is 166 g/mol. The molecule has 0 saturated carbocycles. The lowest BCUT2D eigenvalue weighted by Gasteiger charge is -2.06. The van der Waals surface area contributed by atoms with Crippen LogP contribution in [0.2, 0.25) is 0 Å². The standard InChI is InChI=1S/C9H11N3O/c10-5-8(13)7-6-11-9-3-1-2-4-12(7)9/h1-4,6,8,13H,5,10H2/t8-/m0/s1. The minimum atomic E-state index is -0.641. The summed E-state index contributed by atoms with van der Waals surface area (Å²) in [7, 11) is 0. The minimum absolute atomic E-state index is 0.211. The number of hydrogen-bond donors (Lipinski definition) is 2. The minimum Gasteiger partial charge on any atom is -0.385 e. The summed E-state index contributed by atoms with van der Waals surface area (Å²) in [5, 5.41) is 9.53. The molecule has 2 rings (SSSR count). The second-order valence-corrected chi connectivity index (χ2v) is 2.86. The van der Waals surface area contributed by atoms with Gasteiger partial charge >= 0.3 is 0 Å². The summed E-state index contributed by atoms with van der Waals surface area (Å²) in [5.41, 5.74) is 6.92. The summed E-state index contributed by atoms with van der Waals surface area (Å²) in [5.74, 6) is 0. The molecule has 1 atom stereocenters. The number of aliphatic hydroxyl groups is 1. The molecule has 2 aromatic rings. The van der Waals surface area contributed by atoms with Gasteiger partial charge in [0.05, 0.1) is 11.9 Å². The zero-order chi connectivity index (χ0) is 9.26. The Labute approximate surface area is 75.6 Å². The van der Waals surface area contributed by atoms with E-state index in [1.807, 2.05) is 28.8 Å². The predicted molar refractivity (Wildman–Crippen MR) is 49.2 cm³/mol. The quantitative estimate of drug-likeness (QED) is 0.694. The summed E-state index contributed by atoms with van der Waals surface area (Å²) in [6.07, 6.45) is 2.86. The van der Waals surface area contributed by atoms with Crippen LogP contribution in [-0.2, 0) is 0 Å². The van der Waals surface area contributed by atoms with E-state index in [4.69, 9.17) is 5.73 Å². The molecule has 0 aliphatic rings. The van der Waals surface area contributed by atoms with Crippen molar-refractivity contribution in [1.29, 1.82) is 0 Å². The number of aliphatic hydroxyl groups excluding tert-OH is 1. The van der Waals surface area contributed by atoms with Gasteiger partial charge in [-0.1, -0.05) is 6.07 Å². The number of rotatable bonds is 2. The van der Waals surface area contributed by atoms with Crippen molar-refractivity contribution in [3.05, 3.63) is 36.3 Å². The van der Waals surface area contributed by atoms with Crippen molar-refractivity contribution in [3.8, 4) is 0 Å². The van der Waals surface area contributed by atoms with Crippen molar-refractivity contribution >= 4 is 5.65 Å². The highest BCUT2D eigenvalue weighted by Crippen LogP contribution is 2.13. The molecule has 3 N–H and O–H groups in total. The fraction of sp³-hybridized carbons (Fsp3) is 0.222. The van der Waals surface area contributed by atoms with Crippen molar-refractivity contribution in [2.75, 3.05) is 6.54 Å². The SMILES string of the molecule is NC[C@H](O)c1cnc2ccccn12. The van der Waals surface area contributed by atoms with Crippen molar-refractivity contribution in [3.63, 3.8) is 0 Å². The van der Waals surface area contributed by atoms with Gasteiger partial charge in [-0.3, -0.25) is 0 Å². The second kappa shape index (κ2) is 3.16. The Kier molecular flexibility index (Phi) is 2.00. The topological polar surface area (TPSA) is 63.5 Å². The zero-order valence-electron chi connectivity index (χ0n) is 7.09. The van der Waals surface area contributed by atoms with E-state index >= 15 is 0 Å². The van der Waals surface area contributed by atoms with Gasteiger partial charge in [0.2, 0.25) is 0 Å². The Morgan fingerprint density at radius 3 is 3.15 bits per heavy atom. The molecule has 0 unspecified atom stereocenters. The third-order valence-electron chi connectivity index (χ3n) is 2.01. The smallest absolute Gasteiger partial charge is 0.136 e. The maximum Gasteiger partial charge on any atom is 0.136 e. The monoisotopic (exact) mass is 177 g/mol. The van der Waals surface area contributed by atoms with Gasteiger partial charge in [0.15, 0.2) is 0 Å². The summed E-state index contributed by atoms with van der Waals surface area (Å²) >= 11 is 0. The van der Waals surface area contributed by atoms with Crippen LogP contribution in [0.15, 0.2) is 30.6 Å². The Morgan fingerprint density at radius 1 is 1.54 bits per heavy atom. The number of imidazole rings is 1. The van der Waals surface area contributed by atoms with Crippen LogP contribution in [0, 0.1) is 0 Å². The van der Waals surface area contributed by atoms with Crippen LogP contribution < -0.4 is 5.73 Å². The second-order valence-electron chi connectivity index (χ2n) is 2.86. The van der Waals surface area contributed by atoms with E-state index in [0.29, 0.717) is 0 Å². The number of fused-ring (bicyclic) bond motifs is 1. The van der Waals surface area contributed by atoms with Gasteiger partial charge < -0.3 is 15.2 Å². The molecule has 0 aromatic carbocycles. The summed E-state index contributed by atoms with van der Waals surface area (Å²) < 4.78 is 1.83. The first-order valence-corrected chi connectivity index (χ1v) is 4.13. The first-order chi connectivity index (χ1) is 6.33. The molecule has 68 valence electrons. The third-order valence-corrected chi connectivity index (χ3v) is 2.01. The largest absolute Gasteiger partial charge is 0.385 e. The Balaban J connectivity index is 2.57. The van der Waals surface area contributed by atoms with Crippen LogP contribution in [0.1, 0.15) is 11.8 Å².